The zero-order valence-electron chi connectivity index (χ0n) is 10.1. The van der Waals surface area contributed by atoms with Crippen molar-refractivity contribution in [1.82, 2.24) is 4.37 Å². The Morgan fingerprint density at radius 3 is 3.11 bits per heavy atom. The van der Waals surface area contributed by atoms with Crippen molar-refractivity contribution < 1.29 is 0 Å². The number of nitrogen functional groups attached to an aromatic ring is 1. The normalized spacial score (nSPS) is 19.0. The highest BCUT2D eigenvalue weighted by Gasteiger charge is 2.33. The average molecular weight is 277 g/mol. The van der Waals surface area contributed by atoms with E-state index in [0.717, 1.165) is 25.3 Å². The highest BCUT2D eigenvalue weighted by molar-refractivity contribution is 7.11. The molecule has 0 unspecified atom stereocenters. The zero-order chi connectivity index (χ0) is 12.1. The molecule has 1 fully saturated rings. The first-order valence-corrected chi connectivity index (χ1v) is 8.03. The predicted octanol–water partition coefficient (Wildman–Crippen LogP) is 3.23. The van der Waals surface area contributed by atoms with Crippen LogP contribution in [0, 0.1) is 0 Å². The molecular weight excluding hydrogens is 262 g/mol. The number of hydrogen-bond donors (Lipinski definition) is 1. The highest BCUT2D eigenvalue weighted by Crippen LogP contribution is 2.49. The van der Waals surface area contributed by atoms with E-state index in [1.807, 2.05) is 11.3 Å². The van der Waals surface area contributed by atoms with Gasteiger partial charge in [0.1, 0.15) is 10.8 Å². The van der Waals surface area contributed by atoms with Crippen LogP contribution in [0.2, 0.25) is 0 Å². The largest absolute Gasteiger partial charge is 0.383 e. The Labute approximate surface area is 114 Å². The minimum absolute atomic E-state index is 0.683. The molecule has 0 bridgehead atoms. The van der Waals surface area contributed by atoms with Crippen molar-refractivity contribution in [2.24, 2.45) is 0 Å². The minimum atomic E-state index is 0.683. The van der Waals surface area contributed by atoms with Crippen molar-refractivity contribution in [3.05, 3.63) is 27.5 Å². The van der Waals surface area contributed by atoms with Crippen LogP contribution in [0.3, 0.4) is 0 Å². The second kappa shape index (κ2) is 3.96. The Bertz CT molecular complexity index is 583. The van der Waals surface area contributed by atoms with Crippen LogP contribution in [0.15, 0.2) is 11.4 Å². The molecule has 0 spiro atoms. The average Bonchev–Trinajstić information content (AvgIpc) is 2.98. The zero-order valence-corrected chi connectivity index (χ0v) is 11.7. The van der Waals surface area contributed by atoms with E-state index >= 15 is 0 Å². The monoisotopic (exact) mass is 277 g/mol. The summed E-state index contributed by atoms with van der Waals surface area (Å²) in [6, 6.07) is 2.26. The summed E-state index contributed by atoms with van der Waals surface area (Å²) in [6.07, 6.45) is 3.73. The van der Waals surface area contributed by atoms with Crippen LogP contribution >= 0.6 is 22.9 Å². The predicted molar refractivity (Wildman–Crippen MR) is 77.6 cm³/mol. The fourth-order valence-corrected chi connectivity index (χ4v) is 4.52. The molecular formula is C13H15N3S2. The molecule has 0 saturated heterocycles. The second-order valence-corrected chi connectivity index (χ2v) is 6.85. The molecule has 0 atom stereocenters. The van der Waals surface area contributed by atoms with Gasteiger partial charge in [-0.2, -0.15) is 4.37 Å². The quantitative estimate of drug-likeness (QED) is 0.916. The third-order valence-corrected chi connectivity index (χ3v) is 5.78. The molecule has 3 nitrogen and oxygen atoms in total. The Hall–Kier alpha value is -1.07. The maximum atomic E-state index is 6.04. The molecule has 18 heavy (non-hydrogen) atoms. The Balaban J connectivity index is 1.68. The van der Waals surface area contributed by atoms with E-state index < -0.39 is 0 Å². The van der Waals surface area contributed by atoms with E-state index in [2.05, 4.69) is 20.7 Å². The van der Waals surface area contributed by atoms with Gasteiger partial charge in [-0.15, -0.1) is 11.3 Å². The summed E-state index contributed by atoms with van der Waals surface area (Å²) in [5, 5.41) is 3.53. The Morgan fingerprint density at radius 1 is 1.39 bits per heavy atom. The van der Waals surface area contributed by atoms with Crippen molar-refractivity contribution in [3.8, 4) is 0 Å². The van der Waals surface area contributed by atoms with Crippen LogP contribution in [0.4, 0.5) is 10.8 Å². The third kappa shape index (κ3) is 1.65. The van der Waals surface area contributed by atoms with Crippen molar-refractivity contribution in [1.29, 1.82) is 0 Å². The molecule has 1 saturated carbocycles. The van der Waals surface area contributed by atoms with Gasteiger partial charge >= 0.3 is 0 Å². The second-order valence-electron chi connectivity index (χ2n) is 5.10. The number of nitrogens with zero attached hydrogens (tertiary/aromatic N) is 2. The lowest BCUT2D eigenvalue weighted by atomic mass is 10.1. The fraction of sp³-hybridized carbons (Fsp3) is 0.462. The van der Waals surface area contributed by atoms with E-state index in [4.69, 9.17) is 5.73 Å². The molecule has 0 radical (unpaired) electrons. The van der Waals surface area contributed by atoms with E-state index in [0.29, 0.717) is 5.92 Å². The standard InChI is InChI=1S/C13H15N3S2/c14-12-11(8-1-2-8)13(18-15-12)16-5-3-10-9(7-16)4-6-17-10/h4,6,8H,1-3,5,7H2,(H2,14,15). The molecule has 1 aliphatic heterocycles. The van der Waals surface area contributed by atoms with Crippen LogP contribution in [0.25, 0.3) is 0 Å². The van der Waals surface area contributed by atoms with E-state index in [1.54, 1.807) is 16.4 Å². The lowest BCUT2D eigenvalue weighted by Crippen LogP contribution is -2.29. The molecule has 3 heterocycles. The van der Waals surface area contributed by atoms with E-state index in [9.17, 15) is 0 Å². The lowest BCUT2D eigenvalue weighted by Gasteiger charge is -2.28. The molecule has 1 aliphatic carbocycles. The molecule has 2 aliphatic rings. The van der Waals surface area contributed by atoms with Crippen LogP contribution in [-0.2, 0) is 13.0 Å². The maximum absolute atomic E-state index is 6.04. The topological polar surface area (TPSA) is 42.1 Å². The number of aromatic nitrogens is 1. The number of nitrogens with two attached hydrogens (primary N) is 1. The number of thiophene rings is 1. The maximum Gasteiger partial charge on any atom is 0.142 e. The molecule has 0 aromatic carbocycles. The summed E-state index contributed by atoms with van der Waals surface area (Å²) in [5.74, 6) is 1.45. The fourth-order valence-electron chi connectivity index (χ4n) is 2.71. The summed E-state index contributed by atoms with van der Waals surface area (Å²) in [4.78, 5) is 4.02. The molecule has 2 N–H and O–H groups in total. The molecule has 2 aromatic heterocycles. The molecule has 4 rings (SSSR count). The van der Waals surface area contributed by atoms with Gasteiger partial charge in [-0.1, -0.05) is 0 Å². The number of rotatable bonds is 2. The van der Waals surface area contributed by atoms with Gasteiger partial charge in [-0.25, -0.2) is 0 Å². The lowest BCUT2D eigenvalue weighted by molar-refractivity contribution is 0.746. The van der Waals surface area contributed by atoms with Crippen molar-refractivity contribution in [3.63, 3.8) is 0 Å². The molecule has 2 aromatic rings. The first kappa shape index (κ1) is 10.8. The van der Waals surface area contributed by atoms with Crippen molar-refractivity contribution in [2.45, 2.75) is 31.7 Å². The van der Waals surface area contributed by atoms with E-state index in [1.165, 1.54) is 29.0 Å². The van der Waals surface area contributed by atoms with Crippen LogP contribution in [0.5, 0.6) is 0 Å². The van der Waals surface area contributed by atoms with Gasteiger partial charge in [0.25, 0.3) is 0 Å². The van der Waals surface area contributed by atoms with Gasteiger partial charge in [-0.3, -0.25) is 0 Å². The smallest absolute Gasteiger partial charge is 0.142 e. The summed E-state index contributed by atoms with van der Waals surface area (Å²) >= 11 is 3.47. The van der Waals surface area contributed by atoms with Gasteiger partial charge in [0.05, 0.1) is 0 Å². The Morgan fingerprint density at radius 2 is 2.28 bits per heavy atom. The minimum Gasteiger partial charge on any atom is -0.383 e. The first-order chi connectivity index (χ1) is 8.83. The SMILES string of the molecule is Nc1nsc(N2CCc3sccc3C2)c1C1CC1. The first-order valence-electron chi connectivity index (χ1n) is 6.38. The summed E-state index contributed by atoms with van der Waals surface area (Å²) in [5.41, 5.74) is 8.86. The summed E-state index contributed by atoms with van der Waals surface area (Å²) in [7, 11) is 0. The van der Waals surface area contributed by atoms with Gasteiger partial charge in [-0.05, 0) is 53.7 Å². The van der Waals surface area contributed by atoms with E-state index in [-0.39, 0.29) is 0 Å². The number of hydrogen-bond acceptors (Lipinski definition) is 5. The third-order valence-electron chi connectivity index (χ3n) is 3.82. The molecule has 5 heteroatoms. The number of anilines is 2. The Kier molecular flexibility index (Phi) is 2.38. The van der Waals surface area contributed by atoms with Crippen LogP contribution < -0.4 is 10.6 Å². The van der Waals surface area contributed by atoms with Gasteiger partial charge in [0.15, 0.2) is 0 Å². The van der Waals surface area contributed by atoms with Crippen molar-refractivity contribution >= 4 is 33.7 Å². The van der Waals surface area contributed by atoms with Crippen LogP contribution in [0.1, 0.15) is 34.8 Å². The van der Waals surface area contributed by atoms with Gasteiger partial charge in [0.2, 0.25) is 0 Å². The van der Waals surface area contributed by atoms with Gasteiger partial charge < -0.3 is 10.6 Å². The summed E-state index contributed by atoms with van der Waals surface area (Å²) < 4.78 is 4.38. The van der Waals surface area contributed by atoms with Crippen molar-refractivity contribution in [2.75, 3.05) is 17.2 Å². The number of fused-ring (bicyclic) bond motifs is 1. The molecule has 0 amide bonds. The van der Waals surface area contributed by atoms with Gasteiger partial charge in [0, 0.05) is 23.5 Å². The van der Waals surface area contributed by atoms with Crippen LogP contribution in [-0.4, -0.2) is 10.9 Å². The molecule has 94 valence electrons. The highest BCUT2D eigenvalue weighted by atomic mass is 32.1. The summed E-state index contributed by atoms with van der Waals surface area (Å²) in [6.45, 7) is 2.13.